The fourth-order valence-corrected chi connectivity index (χ4v) is 17.1. The van der Waals surface area contributed by atoms with Crippen LogP contribution in [0.25, 0.3) is 55.7 Å². The molecule has 8 bridgehead atoms. The molecular formula is C108H116N16+10. The third-order valence-electron chi connectivity index (χ3n) is 24.5. The summed E-state index contributed by atoms with van der Waals surface area (Å²) in [5.74, 6) is 0. The topological polar surface area (TPSA) is 94.7 Å². The third-order valence-corrected chi connectivity index (χ3v) is 24.5. The van der Waals surface area contributed by atoms with Gasteiger partial charge in [-0.2, -0.15) is 0 Å². The van der Waals surface area contributed by atoms with Crippen LogP contribution in [0.4, 0.5) is 0 Å². The number of fused-ring (bicyclic) bond motifs is 4. The summed E-state index contributed by atoms with van der Waals surface area (Å²) in [5, 5.41) is 0. The van der Waals surface area contributed by atoms with Gasteiger partial charge in [0.05, 0.1) is 45.6 Å². The van der Waals surface area contributed by atoms with Gasteiger partial charge in [-0.05, 0) is 191 Å². The van der Waals surface area contributed by atoms with Crippen molar-refractivity contribution in [2.75, 3.05) is 13.6 Å². The van der Waals surface area contributed by atoms with E-state index in [1.165, 1.54) is 70.2 Å². The minimum absolute atomic E-state index is 0.850. The molecular weight excluding hydrogens is 1520 g/mol. The average Bonchev–Trinajstić information content (AvgIpc) is 1.61. The van der Waals surface area contributed by atoms with E-state index in [0.29, 0.717) is 0 Å². The minimum Gasteiger partial charge on any atom is -0.357 e. The largest absolute Gasteiger partial charge is 0.357 e. The molecule has 7 aliphatic heterocycles. The van der Waals surface area contributed by atoms with E-state index >= 15 is 0 Å². The maximum absolute atomic E-state index is 5.73. The molecule has 0 aliphatic carbocycles. The molecule has 0 saturated carbocycles. The summed E-state index contributed by atoms with van der Waals surface area (Å²) in [5.41, 5.74) is 24.8. The van der Waals surface area contributed by atoms with Gasteiger partial charge in [-0.25, -0.2) is 65.6 Å². The van der Waals surface area contributed by atoms with Gasteiger partial charge in [-0.1, -0.05) is 6.42 Å². The third kappa shape index (κ3) is 21.3. The van der Waals surface area contributed by atoms with Crippen molar-refractivity contribution < 1.29 is 45.7 Å². The van der Waals surface area contributed by atoms with Gasteiger partial charge in [-0.15, -0.1) is 0 Å². The van der Waals surface area contributed by atoms with Gasteiger partial charge in [0.15, 0.2) is 124 Å². The van der Waals surface area contributed by atoms with E-state index in [-0.39, 0.29) is 0 Å². The lowest BCUT2D eigenvalue weighted by Crippen LogP contribution is -2.33. The summed E-state index contributed by atoms with van der Waals surface area (Å²) >= 11 is 0. The normalized spacial score (nSPS) is 15.1. The van der Waals surface area contributed by atoms with E-state index in [4.69, 9.17) is 20.0 Å². The summed E-state index contributed by atoms with van der Waals surface area (Å²) in [6.45, 7) is 7.76. The van der Waals surface area contributed by atoms with E-state index in [1.54, 1.807) is 0 Å². The standard InChI is InChI=1S/C108H116N16/c1-113-61-29-85(30-62-113)89-37-69-117(70-38-89)53-13-5-9-17-57-121-77-45-93(46-78-121)105-97-21-23-99(109-97)106(94-47-79-122(80-48-94)58-18-10-6-14-54-118-71-39-90(40-72-118)86-31-63-114(2)64-32-86)101-25-27-103(111-101)108(96-51-83-124(84-52-96)60-20-12-8-16-56-120-75-43-92(44-76-120)88-35-67-116(4)68-36-88)104-28-26-102(112-104)107(100-24-22-98(105)110-100)95-49-81-123(82-50-95)59-19-11-7-15-55-119-73-41-91(42-74-119)87-33-65-115(3)66-34-87/h21-52,61-84H,5-20,53-60H2,1-4H3/q+10. The zero-order chi connectivity index (χ0) is 84.2. The van der Waals surface area contributed by atoms with E-state index in [1.807, 2.05) is 0 Å². The predicted octanol–water partition coefficient (Wildman–Crippen LogP) is 16.1. The quantitative estimate of drug-likeness (QED) is 0.0292. The van der Waals surface area contributed by atoms with Crippen LogP contribution in [-0.2, 0) is 67.0 Å². The van der Waals surface area contributed by atoms with Gasteiger partial charge in [0.1, 0.15) is 67.0 Å². The number of unbranched alkanes of at least 4 members (excludes halogenated alkanes) is 12. The number of aliphatic imine (C=N–C) groups is 4. The van der Waals surface area contributed by atoms with Crippen molar-refractivity contribution in [3.63, 3.8) is 0 Å². The Morgan fingerprint density at radius 3 is 0.629 bits per heavy atom. The Bertz CT molecular complexity index is 5870. The molecule has 16 heteroatoms. The number of rotatable bonds is 35. The fraction of sp³-hybridized carbons (Fsp3) is 0.259. The summed E-state index contributed by atoms with van der Waals surface area (Å²) in [7, 11) is 8.22. The van der Waals surface area contributed by atoms with Crippen LogP contribution in [0.15, 0.2) is 397 Å². The molecule has 0 saturated heterocycles. The number of nitrogens with zero attached hydrogens (tertiary/aromatic N) is 16. The fourth-order valence-electron chi connectivity index (χ4n) is 17.1. The van der Waals surface area contributed by atoms with Gasteiger partial charge >= 0.3 is 0 Å². The number of hydrogen-bond acceptors (Lipinski definition) is 6. The predicted molar refractivity (Wildman–Crippen MR) is 492 cm³/mol. The molecule has 10 aromatic heterocycles. The summed E-state index contributed by atoms with van der Waals surface area (Å²) in [6, 6.07) is 44.5. The number of aromatic nitrogens is 10. The molecule has 0 amide bonds. The van der Waals surface area contributed by atoms with Crippen LogP contribution in [0.1, 0.15) is 125 Å². The highest BCUT2D eigenvalue weighted by molar-refractivity contribution is 6.39. The molecule has 124 heavy (non-hydrogen) atoms. The maximum atomic E-state index is 5.73. The van der Waals surface area contributed by atoms with Crippen LogP contribution < -0.4 is 45.7 Å². The van der Waals surface area contributed by atoms with E-state index < -0.39 is 0 Å². The number of aryl methyl sites for hydroxylation is 10. The molecule has 0 N–H and O–H groups in total. The van der Waals surface area contributed by atoms with E-state index in [9.17, 15) is 0 Å². The summed E-state index contributed by atoms with van der Waals surface area (Å²) in [6.07, 6.45) is 97.0. The Labute approximate surface area is 732 Å². The van der Waals surface area contributed by atoms with Crippen LogP contribution in [-0.4, -0.2) is 46.2 Å². The Balaban J connectivity index is 0.633. The SMILES string of the molecule is CN1C=CC(=C2C=CN(CCCCCC[n+]3ccc(C4=C5C=CC(=N5)C(c5cc[n+](CCCCCC[n+]6ccc(-c7cc[n+](C)cc7)cc6)cc5)=C5C=CC(=N5)C(c5cc[n+](CCCCCC[n+]6ccc(-c7cc[n+](C)cc7)cc6)cc5)=C5C=CC(=N5)C(c5cc[n+](CCCCCC[n+]6ccc(-c7cc[n+](C)cc7)cc6)cc5)=C5C=CC4=N5)cc3)C=C2)C=C1. The van der Waals surface area contributed by atoms with Crippen LogP contribution in [0, 0.1) is 0 Å². The second kappa shape index (κ2) is 40.4. The Kier molecular flexibility index (Phi) is 26.9. The molecule has 0 fully saturated rings. The second-order valence-corrected chi connectivity index (χ2v) is 33.6. The van der Waals surface area contributed by atoms with Crippen molar-refractivity contribution in [2.45, 2.75) is 149 Å². The van der Waals surface area contributed by atoms with Gasteiger partial charge in [0, 0.05) is 227 Å². The monoisotopic (exact) mass is 1640 g/mol. The number of hydrogen-bond donors (Lipinski definition) is 0. The smallest absolute Gasteiger partial charge is 0.169 e. The van der Waals surface area contributed by atoms with E-state index in [0.717, 1.165) is 220 Å². The highest BCUT2D eigenvalue weighted by atomic mass is 15.1. The van der Waals surface area contributed by atoms with Crippen molar-refractivity contribution in [1.29, 1.82) is 0 Å². The number of pyridine rings is 10. The molecule has 0 radical (unpaired) electrons. The highest BCUT2D eigenvalue weighted by Crippen LogP contribution is 2.39. The summed E-state index contributed by atoms with van der Waals surface area (Å²) < 4.78 is 22.5. The van der Waals surface area contributed by atoms with Crippen molar-refractivity contribution >= 4 is 45.1 Å². The first kappa shape index (κ1) is 82.7. The van der Waals surface area contributed by atoms with Gasteiger partial charge in [0.25, 0.3) is 0 Å². The average molecular weight is 1640 g/mol. The van der Waals surface area contributed by atoms with Crippen molar-refractivity contribution in [2.24, 2.45) is 41.1 Å². The number of allylic oxidation sites excluding steroid dienone is 18. The first-order valence-corrected chi connectivity index (χ1v) is 44.9. The van der Waals surface area contributed by atoms with Crippen LogP contribution in [0.3, 0.4) is 0 Å². The minimum atomic E-state index is 0.850. The molecule has 17 rings (SSSR count). The Morgan fingerprint density at radius 1 is 0.210 bits per heavy atom. The second-order valence-electron chi connectivity index (χ2n) is 33.6. The molecule has 618 valence electrons. The Morgan fingerprint density at radius 2 is 0.403 bits per heavy atom. The molecule has 7 aliphatic rings. The van der Waals surface area contributed by atoms with Crippen molar-refractivity contribution in [3.8, 4) is 33.4 Å². The zero-order valence-electron chi connectivity index (χ0n) is 72.5. The lowest BCUT2D eigenvalue weighted by Gasteiger charge is -2.20. The highest BCUT2D eigenvalue weighted by Gasteiger charge is 2.30. The molecule has 0 aromatic carbocycles. The van der Waals surface area contributed by atoms with E-state index in [2.05, 4.69) is 427 Å². The molecule has 17 heterocycles. The first-order valence-electron chi connectivity index (χ1n) is 44.9. The molecule has 0 spiro atoms. The lowest BCUT2D eigenvalue weighted by atomic mass is 9.99. The van der Waals surface area contributed by atoms with Crippen LogP contribution in [0.5, 0.6) is 0 Å². The summed E-state index contributed by atoms with van der Waals surface area (Å²) in [4.78, 5) is 27.3. The van der Waals surface area contributed by atoms with Crippen LogP contribution >= 0.6 is 0 Å². The molecule has 10 aromatic rings. The Hall–Kier alpha value is -13.6. The van der Waals surface area contributed by atoms with Crippen molar-refractivity contribution in [3.05, 3.63) is 399 Å². The van der Waals surface area contributed by atoms with Crippen molar-refractivity contribution in [1.82, 2.24) is 9.80 Å². The van der Waals surface area contributed by atoms with Crippen LogP contribution in [0.2, 0.25) is 0 Å². The zero-order valence-corrected chi connectivity index (χ0v) is 72.5. The molecule has 0 unspecified atom stereocenters. The first-order chi connectivity index (χ1) is 61.0. The molecule has 16 nitrogen and oxygen atoms in total. The van der Waals surface area contributed by atoms with Gasteiger partial charge < -0.3 is 9.80 Å². The van der Waals surface area contributed by atoms with Gasteiger partial charge in [0.2, 0.25) is 0 Å². The molecule has 0 atom stereocenters. The van der Waals surface area contributed by atoms with Gasteiger partial charge in [-0.3, -0.25) is 0 Å². The lowest BCUT2D eigenvalue weighted by molar-refractivity contribution is -0.698. The maximum Gasteiger partial charge on any atom is 0.169 e.